The summed E-state index contributed by atoms with van der Waals surface area (Å²) < 4.78 is 10.3. The van der Waals surface area contributed by atoms with Gasteiger partial charge in [0.25, 0.3) is 0 Å². The standard InChI is InChI=1S/C14H21NO3/c1-17-8-9-18-7-6-15-14-5-2-11-10-12(16)3-4-13(11)14/h3-4,10,14-16H,2,5-9H2,1H3. The zero-order chi connectivity index (χ0) is 12.8. The van der Waals surface area contributed by atoms with Crippen LogP contribution >= 0.6 is 0 Å². The van der Waals surface area contributed by atoms with Crippen molar-refractivity contribution < 1.29 is 14.6 Å². The number of phenolic OH excluding ortho intramolecular Hbond substituents is 1. The Labute approximate surface area is 108 Å². The number of aromatic hydroxyl groups is 1. The summed E-state index contributed by atoms with van der Waals surface area (Å²) in [5.41, 5.74) is 2.57. The highest BCUT2D eigenvalue weighted by Crippen LogP contribution is 2.32. The molecule has 0 aromatic heterocycles. The summed E-state index contributed by atoms with van der Waals surface area (Å²) in [7, 11) is 1.67. The Morgan fingerprint density at radius 2 is 2.22 bits per heavy atom. The molecule has 2 rings (SSSR count). The fraction of sp³-hybridized carbons (Fsp3) is 0.571. The molecule has 0 saturated heterocycles. The van der Waals surface area contributed by atoms with Crippen LogP contribution < -0.4 is 5.32 Å². The predicted molar refractivity (Wildman–Crippen MR) is 69.9 cm³/mol. The van der Waals surface area contributed by atoms with Gasteiger partial charge in [-0.25, -0.2) is 0 Å². The number of nitrogens with one attached hydrogen (secondary N) is 1. The van der Waals surface area contributed by atoms with E-state index in [0.717, 1.165) is 19.4 Å². The van der Waals surface area contributed by atoms with Gasteiger partial charge in [-0.1, -0.05) is 6.07 Å². The number of benzene rings is 1. The molecular weight excluding hydrogens is 230 g/mol. The Morgan fingerprint density at radius 3 is 3.06 bits per heavy atom. The number of aryl methyl sites for hydroxylation is 1. The molecule has 4 nitrogen and oxygen atoms in total. The first-order valence-electron chi connectivity index (χ1n) is 6.43. The SMILES string of the molecule is COCCOCCNC1CCc2cc(O)ccc21. The summed E-state index contributed by atoms with van der Waals surface area (Å²) >= 11 is 0. The highest BCUT2D eigenvalue weighted by molar-refractivity contribution is 5.39. The molecular formula is C14H21NO3. The van der Waals surface area contributed by atoms with Gasteiger partial charge in [0.05, 0.1) is 19.8 Å². The Kier molecular flexibility index (Phi) is 4.99. The molecule has 1 aliphatic carbocycles. The van der Waals surface area contributed by atoms with Gasteiger partial charge in [-0.2, -0.15) is 0 Å². The Morgan fingerprint density at radius 1 is 1.33 bits per heavy atom. The van der Waals surface area contributed by atoms with Crippen molar-refractivity contribution in [3.8, 4) is 5.75 Å². The molecule has 1 atom stereocenters. The molecule has 1 aromatic rings. The van der Waals surface area contributed by atoms with E-state index in [1.165, 1.54) is 11.1 Å². The summed E-state index contributed by atoms with van der Waals surface area (Å²) in [4.78, 5) is 0. The van der Waals surface area contributed by atoms with E-state index in [-0.39, 0.29) is 0 Å². The smallest absolute Gasteiger partial charge is 0.115 e. The number of methoxy groups -OCH3 is 1. The van der Waals surface area contributed by atoms with Crippen LogP contribution in [0, 0.1) is 0 Å². The first kappa shape index (κ1) is 13.3. The molecule has 2 N–H and O–H groups in total. The molecule has 0 aliphatic heterocycles. The van der Waals surface area contributed by atoms with Crippen molar-refractivity contribution in [1.29, 1.82) is 0 Å². The molecule has 1 aromatic carbocycles. The molecule has 4 heteroatoms. The van der Waals surface area contributed by atoms with Crippen LogP contribution in [0.3, 0.4) is 0 Å². The Bertz CT molecular complexity index is 381. The van der Waals surface area contributed by atoms with E-state index < -0.39 is 0 Å². The Hall–Kier alpha value is -1.10. The van der Waals surface area contributed by atoms with Gasteiger partial charge in [0, 0.05) is 19.7 Å². The Balaban J connectivity index is 1.73. The monoisotopic (exact) mass is 251 g/mol. The van der Waals surface area contributed by atoms with Crippen LogP contribution in [0.2, 0.25) is 0 Å². The topological polar surface area (TPSA) is 50.7 Å². The van der Waals surface area contributed by atoms with Crippen molar-refractivity contribution in [2.24, 2.45) is 0 Å². The average Bonchev–Trinajstić information content (AvgIpc) is 2.76. The molecule has 100 valence electrons. The molecule has 0 amide bonds. The zero-order valence-corrected chi connectivity index (χ0v) is 10.8. The highest BCUT2D eigenvalue weighted by atomic mass is 16.5. The van der Waals surface area contributed by atoms with Gasteiger partial charge in [0.15, 0.2) is 0 Å². The van der Waals surface area contributed by atoms with Gasteiger partial charge in [-0.05, 0) is 36.1 Å². The van der Waals surface area contributed by atoms with Crippen molar-refractivity contribution in [2.75, 3.05) is 33.5 Å². The van der Waals surface area contributed by atoms with E-state index in [9.17, 15) is 5.11 Å². The van der Waals surface area contributed by atoms with Crippen molar-refractivity contribution in [3.63, 3.8) is 0 Å². The van der Waals surface area contributed by atoms with Crippen LogP contribution in [-0.4, -0.2) is 38.6 Å². The second-order valence-corrected chi connectivity index (χ2v) is 4.53. The molecule has 0 fully saturated rings. The second-order valence-electron chi connectivity index (χ2n) is 4.53. The van der Waals surface area contributed by atoms with Gasteiger partial charge in [0.2, 0.25) is 0 Å². The molecule has 0 heterocycles. The maximum absolute atomic E-state index is 9.43. The van der Waals surface area contributed by atoms with Crippen LogP contribution in [0.25, 0.3) is 0 Å². The van der Waals surface area contributed by atoms with Crippen LogP contribution in [0.5, 0.6) is 5.75 Å². The summed E-state index contributed by atoms with van der Waals surface area (Å²) in [5, 5.41) is 12.9. The third kappa shape index (κ3) is 3.45. The van der Waals surface area contributed by atoms with Crippen LogP contribution in [-0.2, 0) is 15.9 Å². The fourth-order valence-electron chi connectivity index (χ4n) is 2.37. The summed E-state index contributed by atoms with van der Waals surface area (Å²) in [6.07, 6.45) is 2.13. The second kappa shape index (κ2) is 6.73. The van der Waals surface area contributed by atoms with Crippen LogP contribution in [0.4, 0.5) is 0 Å². The van der Waals surface area contributed by atoms with Gasteiger partial charge in [-0.15, -0.1) is 0 Å². The molecule has 0 radical (unpaired) electrons. The third-order valence-corrected chi connectivity index (χ3v) is 3.27. The van der Waals surface area contributed by atoms with Crippen molar-refractivity contribution in [2.45, 2.75) is 18.9 Å². The van der Waals surface area contributed by atoms with E-state index in [0.29, 0.717) is 31.6 Å². The van der Waals surface area contributed by atoms with Crippen LogP contribution in [0.15, 0.2) is 18.2 Å². The van der Waals surface area contributed by atoms with E-state index in [2.05, 4.69) is 5.32 Å². The summed E-state index contributed by atoms with van der Waals surface area (Å²) in [6, 6.07) is 6.04. The van der Waals surface area contributed by atoms with Crippen molar-refractivity contribution >= 4 is 0 Å². The van der Waals surface area contributed by atoms with Gasteiger partial charge in [0.1, 0.15) is 5.75 Å². The minimum atomic E-state index is 0.359. The number of hydrogen-bond donors (Lipinski definition) is 2. The van der Waals surface area contributed by atoms with Crippen molar-refractivity contribution in [1.82, 2.24) is 5.32 Å². The van der Waals surface area contributed by atoms with E-state index in [1.54, 1.807) is 13.2 Å². The minimum absolute atomic E-state index is 0.359. The highest BCUT2D eigenvalue weighted by Gasteiger charge is 2.21. The predicted octanol–water partition coefficient (Wildman–Crippen LogP) is 1.63. The van der Waals surface area contributed by atoms with Gasteiger partial charge >= 0.3 is 0 Å². The van der Waals surface area contributed by atoms with E-state index in [4.69, 9.17) is 9.47 Å². The molecule has 1 unspecified atom stereocenters. The number of hydrogen-bond acceptors (Lipinski definition) is 4. The fourth-order valence-corrected chi connectivity index (χ4v) is 2.37. The zero-order valence-electron chi connectivity index (χ0n) is 10.8. The third-order valence-electron chi connectivity index (χ3n) is 3.27. The van der Waals surface area contributed by atoms with Crippen molar-refractivity contribution in [3.05, 3.63) is 29.3 Å². The minimum Gasteiger partial charge on any atom is -0.508 e. The van der Waals surface area contributed by atoms with E-state index >= 15 is 0 Å². The molecule has 0 bridgehead atoms. The molecule has 1 aliphatic rings. The number of fused-ring (bicyclic) bond motifs is 1. The summed E-state index contributed by atoms with van der Waals surface area (Å²) in [5.74, 6) is 0.359. The largest absolute Gasteiger partial charge is 0.508 e. The maximum atomic E-state index is 9.43. The lowest BCUT2D eigenvalue weighted by Crippen LogP contribution is -2.24. The van der Waals surface area contributed by atoms with Gasteiger partial charge in [-0.3, -0.25) is 0 Å². The lowest BCUT2D eigenvalue weighted by molar-refractivity contribution is 0.0710. The molecule has 18 heavy (non-hydrogen) atoms. The number of ether oxygens (including phenoxy) is 2. The summed E-state index contributed by atoms with van der Waals surface area (Å²) in [6.45, 7) is 2.83. The van der Waals surface area contributed by atoms with E-state index in [1.807, 2.05) is 12.1 Å². The number of phenols is 1. The maximum Gasteiger partial charge on any atom is 0.115 e. The lowest BCUT2D eigenvalue weighted by atomic mass is 10.1. The van der Waals surface area contributed by atoms with Crippen LogP contribution in [0.1, 0.15) is 23.6 Å². The first-order chi connectivity index (χ1) is 8.81. The van der Waals surface area contributed by atoms with Gasteiger partial charge < -0.3 is 19.9 Å². The molecule has 0 spiro atoms. The average molecular weight is 251 g/mol. The quantitative estimate of drug-likeness (QED) is 0.723. The normalized spacial score (nSPS) is 17.9. The molecule has 0 saturated carbocycles. The number of rotatable bonds is 7. The first-order valence-corrected chi connectivity index (χ1v) is 6.43. The lowest BCUT2D eigenvalue weighted by Gasteiger charge is -2.14.